The Balaban J connectivity index is 1.49. The van der Waals surface area contributed by atoms with Gasteiger partial charge in [0.1, 0.15) is 29.0 Å². The molecule has 2 aromatic rings. The first-order valence-electron chi connectivity index (χ1n) is 9.09. The lowest BCUT2D eigenvalue weighted by molar-refractivity contribution is -0.181. The highest BCUT2D eigenvalue weighted by atomic mass is 19.1. The van der Waals surface area contributed by atoms with Gasteiger partial charge in [0, 0.05) is 38.1 Å². The lowest BCUT2D eigenvalue weighted by atomic mass is 10.0. The van der Waals surface area contributed by atoms with Crippen molar-refractivity contribution in [2.75, 3.05) is 31.6 Å². The molecule has 1 amide bonds. The number of aromatic nitrogens is 2. The minimum absolute atomic E-state index is 0.0633. The Labute approximate surface area is 160 Å². The molecule has 2 aliphatic heterocycles. The minimum Gasteiger partial charge on any atom is -0.347 e. The smallest absolute Gasteiger partial charge is 0.272 e. The molecule has 0 atom stereocenters. The molecule has 0 saturated carbocycles. The summed E-state index contributed by atoms with van der Waals surface area (Å²) < 4.78 is 38.3. The Morgan fingerprint density at radius 3 is 2.54 bits per heavy atom. The van der Waals surface area contributed by atoms with Crippen LogP contribution in [0.2, 0.25) is 0 Å². The van der Waals surface area contributed by atoms with E-state index in [-0.39, 0.29) is 23.1 Å². The maximum atomic E-state index is 13.9. The molecule has 0 bridgehead atoms. The highest BCUT2D eigenvalue weighted by molar-refractivity contribution is 5.93. The van der Waals surface area contributed by atoms with Crippen molar-refractivity contribution in [2.24, 2.45) is 0 Å². The van der Waals surface area contributed by atoms with Crippen LogP contribution in [0.1, 0.15) is 29.2 Å². The van der Waals surface area contributed by atoms with Gasteiger partial charge in [-0.2, -0.15) is 0 Å². The van der Waals surface area contributed by atoms with Gasteiger partial charge in [-0.1, -0.05) is 0 Å². The largest absolute Gasteiger partial charge is 0.347 e. The van der Waals surface area contributed by atoms with Gasteiger partial charge in [0.25, 0.3) is 5.91 Å². The summed E-state index contributed by atoms with van der Waals surface area (Å²) in [6, 6.07) is 4.65. The minimum atomic E-state index is -0.748. The molecule has 1 aromatic heterocycles. The predicted molar refractivity (Wildman–Crippen MR) is 96.2 cm³/mol. The van der Waals surface area contributed by atoms with Crippen LogP contribution in [-0.4, -0.2) is 52.9 Å². The molecule has 2 saturated heterocycles. The van der Waals surface area contributed by atoms with E-state index >= 15 is 0 Å². The number of nitrogens with zero attached hydrogens (tertiary/aromatic N) is 3. The number of carbonyl (C=O) groups is 1. The number of rotatable bonds is 3. The monoisotopic (exact) mass is 390 g/mol. The first-order valence-corrected chi connectivity index (χ1v) is 9.09. The van der Waals surface area contributed by atoms with E-state index in [1.807, 2.05) is 0 Å². The van der Waals surface area contributed by atoms with Crippen LogP contribution in [0.25, 0.3) is 0 Å². The van der Waals surface area contributed by atoms with Crippen molar-refractivity contribution in [1.82, 2.24) is 14.9 Å². The summed E-state index contributed by atoms with van der Waals surface area (Å²) in [7, 11) is 0. The molecule has 1 spiro atoms. The lowest BCUT2D eigenvalue weighted by Gasteiger charge is -2.37. The van der Waals surface area contributed by atoms with E-state index in [4.69, 9.17) is 9.47 Å². The fraction of sp³-hybridized carbons (Fsp3) is 0.421. The number of amides is 1. The quantitative estimate of drug-likeness (QED) is 0.869. The molecule has 3 heterocycles. The number of piperidine rings is 1. The number of hydrogen-bond donors (Lipinski definition) is 1. The molecule has 28 heavy (non-hydrogen) atoms. The van der Waals surface area contributed by atoms with E-state index in [1.54, 1.807) is 11.8 Å². The Bertz CT molecular complexity index is 893. The van der Waals surface area contributed by atoms with Crippen molar-refractivity contribution in [2.45, 2.75) is 25.6 Å². The molecule has 0 unspecified atom stereocenters. The number of ether oxygens (including phenoxy) is 2. The van der Waals surface area contributed by atoms with Crippen LogP contribution in [0.4, 0.5) is 20.3 Å². The molecule has 2 fully saturated rings. The van der Waals surface area contributed by atoms with Gasteiger partial charge in [-0.05, 0) is 19.1 Å². The van der Waals surface area contributed by atoms with Gasteiger partial charge in [-0.25, -0.2) is 18.7 Å². The zero-order valence-electron chi connectivity index (χ0n) is 15.4. The van der Waals surface area contributed by atoms with Crippen molar-refractivity contribution in [3.63, 3.8) is 0 Å². The van der Waals surface area contributed by atoms with Gasteiger partial charge < -0.3 is 19.7 Å². The zero-order chi connectivity index (χ0) is 19.7. The van der Waals surface area contributed by atoms with Crippen molar-refractivity contribution < 1.29 is 23.0 Å². The van der Waals surface area contributed by atoms with Crippen molar-refractivity contribution in [1.29, 1.82) is 0 Å². The number of nitrogens with one attached hydrogen (secondary N) is 1. The molecule has 9 heteroatoms. The Hall–Kier alpha value is -2.65. The van der Waals surface area contributed by atoms with E-state index < -0.39 is 17.4 Å². The number of anilines is 2. The van der Waals surface area contributed by atoms with Gasteiger partial charge in [-0.3, -0.25) is 4.79 Å². The van der Waals surface area contributed by atoms with Crippen LogP contribution in [0.3, 0.4) is 0 Å². The van der Waals surface area contributed by atoms with Crippen LogP contribution in [0.15, 0.2) is 24.3 Å². The standard InChI is InChI=1S/C19H20F2N4O3/c1-12-22-16(11-17(23-12)24-15-3-2-13(20)10-14(15)21)18(26)25-6-4-19(5-7-25)27-8-9-28-19/h2-3,10-11H,4-9H2,1H3,(H,22,23,24). The summed E-state index contributed by atoms with van der Waals surface area (Å²) in [5.41, 5.74) is 0.273. The third kappa shape index (κ3) is 3.81. The van der Waals surface area contributed by atoms with Gasteiger partial charge in [0.15, 0.2) is 5.79 Å². The topological polar surface area (TPSA) is 76.6 Å². The summed E-state index contributed by atoms with van der Waals surface area (Å²) in [6.07, 6.45) is 1.21. The number of aryl methyl sites for hydroxylation is 1. The fourth-order valence-electron chi connectivity index (χ4n) is 3.47. The molecular formula is C19H20F2N4O3. The second-order valence-corrected chi connectivity index (χ2v) is 6.83. The van der Waals surface area contributed by atoms with Crippen molar-refractivity contribution in [3.8, 4) is 0 Å². The molecule has 2 aliphatic rings. The Kier molecular flexibility index (Phi) is 4.94. The molecule has 0 aliphatic carbocycles. The van der Waals surface area contributed by atoms with E-state index in [9.17, 15) is 13.6 Å². The van der Waals surface area contributed by atoms with Gasteiger partial charge >= 0.3 is 0 Å². The third-order valence-electron chi connectivity index (χ3n) is 4.88. The summed E-state index contributed by atoms with van der Waals surface area (Å²) in [5, 5.41) is 2.77. The van der Waals surface area contributed by atoms with Crippen molar-refractivity contribution in [3.05, 3.63) is 47.4 Å². The average molecular weight is 390 g/mol. The summed E-state index contributed by atoms with van der Waals surface area (Å²) in [5.74, 6) is -1.59. The molecule has 1 aromatic carbocycles. The average Bonchev–Trinajstić information content (AvgIpc) is 3.12. The number of halogens is 2. The fourth-order valence-corrected chi connectivity index (χ4v) is 3.47. The highest BCUT2D eigenvalue weighted by Crippen LogP contribution is 2.31. The van der Waals surface area contributed by atoms with Crippen LogP contribution in [0.5, 0.6) is 0 Å². The molecule has 4 rings (SSSR count). The second-order valence-electron chi connectivity index (χ2n) is 6.83. The second kappa shape index (κ2) is 7.40. The van der Waals surface area contributed by atoms with E-state index in [1.165, 1.54) is 12.1 Å². The summed E-state index contributed by atoms with van der Waals surface area (Å²) >= 11 is 0. The van der Waals surface area contributed by atoms with Crippen LogP contribution in [-0.2, 0) is 9.47 Å². The number of benzene rings is 1. The van der Waals surface area contributed by atoms with Crippen LogP contribution >= 0.6 is 0 Å². The lowest BCUT2D eigenvalue weighted by Crippen LogP contribution is -2.47. The highest BCUT2D eigenvalue weighted by Gasteiger charge is 2.41. The number of carbonyl (C=O) groups excluding carboxylic acids is 1. The van der Waals surface area contributed by atoms with Crippen LogP contribution < -0.4 is 5.32 Å². The molecule has 148 valence electrons. The normalized spacial score (nSPS) is 18.5. The van der Waals surface area contributed by atoms with Crippen molar-refractivity contribution >= 4 is 17.4 Å². The van der Waals surface area contributed by atoms with Gasteiger partial charge in [0.2, 0.25) is 0 Å². The van der Waals surface area contributed by atoms with E-state index in [2.05, 4.69) is 15.3 Å². The summed E-state index contributed by atoms with van der Waals surface area (Å²) in [4.78, 5) is 23.0. The Morgan fingerprint density at radius 1 is 1.14 bits per heavy atom. The molecule has 1 N–H and O–H groups in total. The molecule has 7 nitrogen and oxygen atoms in total. The maximum Gasteiger partial charge on any atom is 0.272 e. The number of likely N-dealkylation sites (tertiary alicyclic amines) is 1. The number of hydrogen-bond acceptors (Lipinski definition) is 6. The third-order valence-corrected chi connectivity index (χ3v) is 4.88. The summed E-state index contributed by atoms with van der Waals surface area (Å²) in [6.45, 7) is 3.80. The van der Waals surface area contributed by atoms with Crippen LogP contribution in [0, 0.1) is 18.6 Å². The molecule has 0 radical (unpaired) electrons. The zero-order valence-corrected chi connectivity index (χ0v) is 15.4. The predicted octanol–water partition coefficient (Wildman–Crippen LogP) is 2.79. The maximum absolute atomic E-state index is 13.9. The van der Waals surface area contributed by atoms with Gasteiger partial charge in [0.05, 0.1) is 18.9 Å². The SMILES string of the molecule is Cc1nc(Nc2ccc(F)cc2F)cc(C(=O)N2CCC3(CC2)OCCO3)n1. The molecular weight excluding hydrogens is 370 g/mol. The first-order chi connectivity index (χ1) is 13.4. The van der Waals surface area contributed by atoms with E-state index in [0.717, 1.165) is 12.1 Å². The van der Waals surface area contributed by atoms with E-state index in [0.29, 0.717) is 45.0 Å². The van der Waals surface area contributed by atoms with Gasteiger partial charge in [-0.15, -0.1) is 0 Å². The Morgan fingerprint density at radius 2 is 1.86 bits per heavy atom. The first kappa shape index (κ1) is 18.7.